The van der Waals surface area contributed by atoms with Crippen LogP contribution in [-0.4, -0.2) is 30.7 Å². The molecule has 2 aliphatic heterocycles. The van der Waals surface area contributed by atoms with E-state index in [1.54, 1.807) is 12.2 Å². The number of benzene rings is 2. The highest BCUT2D eigenvalue weighted by atomic mass is 16.7. The predicted molar refractivity (Wildman–Crippen MR) is 104 cm³/mol. The van der Waals surface area contributed by atoms with Gasteiger partial charge in [-0.2, -0.15) is 0 Å². The van der Waals surface area contributed by atoms with E-state index in [4.69, 9.17) is 9.47 Å². The van der Waals surface area contributed by atoms with Crippen LogP contribution in [-0.2, 0) is 17.9 Å². The molecule has 0 atom stereocenters. The number of hydrogen-bond acceptors (Lipinski definition) is 4. The summed E-state index contributed by atoms with van der Waals surface area (Å²) in [6.45, 7) is 4.14. The topological polar surface area (TPSA) is 50.8 Å². The number of likely N-dealkylation sites (tertiary alicyclic amines) is 1. The molecule has 0 spiro atoms. The molecule has 27 heavy (non-hydrogen) atoms. The van der Waals surface area contributed by atoms with E-state index < -0.39 is 0 Å². The van der Waals surface area contributed by atoms with Crippen molar-refractivity contribution >= 4 is 12.0 Å². The highest BCUT2D eigenvalue weighted by Crippen LogP contribution is 2.32. The first-order chi connectivity index (χ1) is 13.3. The van der Waals surface area contributed by atoms with E-state index in [0.29, 0.717) is 12.3 Å². The van der Waals surface area contributed by atoms with Gasteiger partial charge in [-0.15, -0.1) is 0 Å². The Balaban J connectivity index is 1.30. The standard InChI is InChI=1S/C22H24N2O3/c25-22(9-7-17-6-8-20-21(13-17)27-16-26-20)23-14-18-4-3-5-19(12-18)15-24-10-1-2-11-24/h3-9,12-13H,1-2,10-11,14-16H2,(H,23,25)/b9-7+. The number of nitrogens with one attached hydrogen (secondary N) is 1. The second-order valence-corrected chi connectivity index (χ2v) is 6.97. The Hall–Kier alpha value is -2.79. The zero-order valence-corrected chi connectivity index (χ0v) is 15.3. The molecule has 0 bridgehead atoms. The van der Waals surface area contributed by atoms with Gasteiger partial charge in [0.2, 0.25) is 12.7 Å². The van der Waals surface area contributed by atoms with E-state index in [9.17, 15) is 4.79 Å². The molecule has 4 rings (SSSR count). The summed E-state index contributed by atoms with van der Waals surface area (Å²) < 4.78 is 10.6. The normalized spacial score (nSPS) is 16.1. The van der Waals surface area contributed by atoms with Gasteiger partial charge in [-0.3, -0.25) is 9.69 Å². The number of hydrogen-bond donors (Lipinski definition) is 1. The van der Waals surface area contributed by atoms with Crippen LogP contribution in [0.3, 0.4) is 0 Å². The first-order valence-electron chi connectivity index (χ1n) is 9.42. The Bertz CT molecular complexity index is 841. The first-order valence-corrected chi connectivity index (χ1v) is 9.42. The van der Waals surface area contributed by atoms with E-state index >= 15 is 0 Å². The van der Waals surface area contributed by atoms with Crippen molar-refractivity contribution in [2.75, 3.05) is 19.9 Å². The van der Waals surface area contributed by atoms with Crippen LogP contribution in [0.5, 0.6) is 11.5 Å². The number of amides is 1. The van der Waals surface area contributed by atoms with Crippen molar-refractivity contribution in [3.63, 3.8) is 0 Å². The van der Waals surface area contributed by atoms with Crippen molar-refractivity contribution in [2.45, 2.75) is 25.9 Å². The average Bonchev–Trinajstić information content (AvgIpc) is 3.36. The second kappa shape index (κ2) is 8.27. The van der Waals surface area contributed by atoms with Crippen molar-refractivity contribution < 1.29 is 14.3 Å². The molecular weight excluding hydrogens is 340 g/mol. The number of nitrogens with zero attached hydrogens (tertiary/aromatic N) is 1. The third-order valence-corrected chi connectivity index (χ3v) is 4.89. The fourth-order valence-electron chi connectivity index (χ4n) is 3.47. The largest absolute Gasteiger partial charge is 0.454 e. The van der Waals surface area contributed by atoms with E-state index in [1.165, 1.54) is 31.5 Å². The van der Waals surface area contributed by atoms with Crippen molar-refractivity contribution in [3.8, 4) is 11.5 Å². The number of carbonyl (C=O) groups excluding carboxylic acids is 1. The summed E-state index contributed by atoms with van der Waals surface area (Å²) in [5.74, 6) is 1.34. The van der Waals surface area contributed by atoms with Gasteiger partial charge in [-0.25, -0.2) is 0 Å². The zero-order chi connectivity index (χ0) is 18.5. The van der Waals surface area contributed by atoms with Gasteiger partial charge in [-0.05, 0) is 60.8 Å². The van der Waals surface area contributed by atoms with Crippen molar-refractivity contribution in [1.82, 2.24) is 10.2 Å². The van der Waals surface area contributed by atoms with Crippen molar-refractivity contribution in [2.24, 2.45) is 0 Å². The summed E-state index contributed by atoms with van der Waals surface area (Å²) in [4.78, 5) is 14.6. The molecule has 2 aromatic carbocycles. The van der Waals surface area contributed by atoms with Crippen LogP contribution in [0.15, 0.2) is 48.5 Å². The van der Waals surface area contributed by atoms with Crippen molar-refractivity contribution in [1.29, 1.82) is 0 Å². The van der Waals surface area contributed by atoms with Gasteiger partial charge in [0.15, 0.2) is 11.5 Å². The van der Waals surface area contributed by atoms with E-state index in [1.807, 2.05) is 18.2 Å². The molecule has 2 aromatic rings. The molecule has 1 saturated heterocycles. The van der Waals surface area contributed by atoms with Crippen LogP contribution >= 0.6 is 0 Å². The third kappa shape index (κ3) is 4.68. The summed E-state index contributed by atoms with van der Waals surface area (Å²) in [6.07, 6.45) is 5.92. The highest BCUT2D eigenvalue weighted by molar-refractivity contribution is 5.91. The summed E-state index contributed by atoms with van der Waals surface area (Å²) >= 11 is 0. The fourth-order valence-corrected chi connectivity index (χ4v) is 3.47. The molecule has 2 heterocycles. The summed E-state index contributed by atoms with van der Waals surface area (Å²) in [5, 5.41) is 2.95. The lowest BCUT2D eigenvalue weighted by atomic mass is 10.1. The molecule has 140 valence electrons. The Morgan fingerprint density at radius 1 is 1.04 bits per heavy atom. The molecule has 1 amide bonds. The monoisotopic (exact) mass is 364 g/mol. The number of rotatable bonds is 6. The summed E-state index contributed by atoms with van der Waals surface area (Å²) in [6, 6.07) is 14.1. The van der Waals surface area contributed by atoms with Crippen LogP contribution in [0.2, 0.25) is 0 Å². The molecule has 0 radical (unpaired) electrons. The molecule has 0 aliphatic carbocycles. The molecule has 0 saturated carbocycles. The Morgan fingerprint density at radius 3 is 2.74 bits per heavy atom. The Labute approximate surface area is 159 Å². The maximum Gasteiger partial charge on any atom is 0.244 e. The highest BCUT2D eigenvalue weighted by Gasteiger charge is 2.13. The van der Waals surface area contributed by atoms with Gasteiger partial charge in [-0.1, -0.05) is 30.3 Å². The Kier molecular flexibility index (Phi) is 5.39. The minimum atomic E-state index is -0.113. The van der Waals surface area contributed by atoms with Gasteiger partial charge >= 0.3 is 0 Å². The van der Waals surface area contributed by atoms with Crippen LogP contribution in [0, 0.1) is 0 Å². The molecule has 0 unspecified atom stereocenters. The maximum atomic E-state index is 12.1. The van der Waals surface area contributed by atoms with Gasteiger partial charge in [0.1, 0.15) is 0 Å². The number of fused-ring (bicyclic) bond motifs is 1. The minimum absolute atomic E-state index is 0.113. The Morgan fingerprint density at radius 2 is 1.85 bits per heavy atom. The molecule has 5 nitrogen and oxygen atoms in total. The molecule has 2 aliphatic rings. The maximum absolute atomic E-state index is 12.1. The van der Waals surface area contributed by atoms with E-state index in [2.05, 4.69) is 34.5 Å². The van der Waals surface area contributed by atoms with Gasteiger partial charge < -0.3 is 14.8 Å². The number of ether oxygens (including phenoxy) is 2. The molecular formula is C22H24N2O3. The van der Waals surface area contributed by atoms with Crippen LogP contribution in [0.25, 0.3) is 6.08 Å². The lowest BCUT2D eigenvalue weighted by molar-refractivity contribution is -0.116. The molecule has 0 aromatic heterocycles. The van der Waals surface area contributed by atoms with Gasteiger partial charge in [0, 0.05) is 19.2 Å². The van der Waals surface area contributed by atoms with Gasteiger partial charge in [0.25, 0.3) is 0 Å². The minimum Gasteiger partial charge on any atom is -0.454 e. The lowest BCUT2D eigenvalue weighted by Crippen LogP contribution is -2.21. The smallest absolute Gasteiger partial charge is 0.244 e. The van der Waals surface area contributed by atoms with Crippen LogP contribution in [0.4, 0.5) is 0 Å². The summed E-state index contributed by atoms with van der Waals surface area (Å²) in [5.41, 5.74) is 3.33. The quantitative estimate of drug-likeness (QED) is 0.799. The van der Waals surface area contributed by atoms with E-state index in [0.717, 1.165) is 23.4 Å². The van der Waals surface area contributed by atoms with Crippen molar-refractivity contribution in [3.05, 3.63) is 65.2 Å². The fraction of sp³-hybridized carbons (Fsp3) is 0.318. The molecule has 1 N–H and O–H groups in total. The summed E-state index contributed by atoms with van der Waals surface area (Å²) in [7, 11) is 0. The van der Waals surface area contributed by atoms with Gasteiger partial charge in [0.05, 0.1) is 0 Å². The second-order valence-electron chi connectivity index (χ2n) is 6.97. The predicted octanol–water partition coefficient (Wildman–Crippen LogP) is 3.34. The van der Waals surface area contributed by atoms with Crippen LogP contribution in [0.1, 0.15) is 29.5 Å². The third-order valence-electron chi connectivity index (χ3n) is 4.89. The first kappa shape index (κ1) is 17.6. The SMILES string of the molecule is O=C(/C=C/c1ccc2c(c1)OCO2)NCc1cccc(CN2CCCC2)c1. The zero-order valence-electron chi connectivity index (χ0n) is 15.3. The van der Waals surface area contributed by atoms with E-state index in [-0.39, 0.29) is 12.7 Å². The molecule has 5 heteroatoms. The average molecular weight is 364 g/mol. The number of carbonyl (C=O) groups is 1. The van der Waals surface area contributed by atoms with Crippen LogP contribution < -0.4 is 14.8 Å². The molecule has 1 fully saturated rings. The lowest BCUT2D eigenvalue weighted by Gasteiger charge is -2.15.